The number of methoxy groups -OCH3 is 1. The van der Waals surface area contributed by atoms with E-state index in [1.165, 1.54) is 7.11 Å². The van der Waals surface area contributed by atoms with Gasteiger partial charge in [-0.2, -0.15) is 0 Å². The third kappa shape index (κ3) is 4.79. The van der Waals surface area contributed by atoms with Crippen molar-refractivity contribution in [2.75, 3.05) is 19.0 Å². The van der Waals surface area contributed by atoms with Gasteiger partial charge in [0.25, 0.3) is 0 Å². The first-order chi connectivity index (χ1) is 8.93. The van der Waals surface area contributed by atoms with E-state index < -0.39 is 0 Å². The SMILES string of the molecule is COc1ccc(Cl)cc1NC(=O)CNC(=O)C(C)C. The van der Waals surface area contributed by atoms with Gasteiger partial charge in [-0.1, -0.05) is 25.4 Å². The smallest absolute Gasteiger partial charge is 0.243 e. The van der Waals surface area contributed by atoms with Crippen molar-refractivity contribution >= 4 is 29.1 Å². The summed E-state index contributed by atoms with van der Waals surface area (Å²) in [6.45, 7) is 3.42. The lowest BCUT2D eigenvalue weighted by Crippen LogP contribution is -2.35. The number of benzene rings is 1. The third-order valence-electron chi connectivity index (χ3n) is 2.38. The number of rotatable bonds is 5. The Morgan fingerprint density at radius 3 is 2.63 bits per heavy atom. The first-order valence-corrected chi connectivity index (χ1v) is 6.23. The lowest BCUT2D eigenvalue weighted by molar-refractivity contribution is -0.126. The van der Waals surface area contributed by atoms with E-state index in [2.05, 4.69) is 10.6 Å². The van der Waals surface area contributed by atoms with E-state index in [9.17, 15) is 9.59 Å². The zero-order valence-electron chi connectivity index (χ0n) is 11.1. The highest BCUT2D eigenvalue weighted by Crippen LogP contribution is 2.27. The van der Waals surface area contributed by atoms with Crippen LogP contribution in [0.3, 0.4) is 0 Å². The number of hydrogen-bond donors (Lipinski definition) is 2. The monoisotopic (exact) mass is 284 g/mol. The van der Waals surface area contributed by atoms with Crippen LogP contribution in [0.1, 0.15) is 13.8 Å². The Morgan fingerprint density at radius 1 is 1.37 bits per heavy atom. The van der Waals surface area contributed by atoms with E-state index >= 15 is 0 Å². The van der Waals surface area contributed by atoms with Crippen LogP contribution in [0.4, 0.5) is 5.69 Å². The van der Waals surface area contributed by atoms with Crippen LogP contribution in [0.25, 0.3) is 0 Å². The number of ether oxygens (including phenoxy) is 1. The molecular formula is C13H17ClN2O3. The number of carbonyl (C=O) groups is 2. The highest BCUT2D eigenvalue weighted by Gasteiger charge is 2.11. The minimum Gasteiger partial charge on any atom is -0.495 e. The van der Waals surface area contributed by atoms with Crippen molar-refractivity contribution < 1.29 is 14.3 Å². The summed E-state index contributed by atoms with van der Waals surface area (Å²) >= 11 is 5.85. The summed E-state index contributed by atoms with van der Waals surface area (Å²) in [5.74, 6) is -0.163. The highest BCUT2D eigenvalue weighted by molar-refractivity contribution is 6.31. The Hall–Kier alpha value is -1.75. The Kier molecular flexibility index (Phi) is 5.63. The zero-order valence-corrected chi connectivity index (χ0v) is 11.9. The van der Waals surface area contributed by atoms with Crippen LogP contribution in [0, 0.1) is 5.92 Å². The van der Waals surface area contributed by atoms with Gasteiger partial charge in [0.2, 0.25) is 11.8 Å². The largest absolute Gasteiger partial charge is 0.495 e. The number of anilines is 1. The molecular weight excluding hydrogens is 268 g/mol. The summed E-state index contributed by atoms with van der Waals surface area (Å²) in [7, 11) is 1.50. The fourth-order valence-corrected chi connectivity index (χ4v) is 1.52. The summed E-state index contributed by atoms with van der Waals surface area (Å²) in [6, 6.07) is 4.91. The van der Waals surface area contributed by atoms with Gasteiger partial charge < -0.3 is 15.4 Å². The molecule has 0 aliphatic heterocycles. The van der Waals surface area contributed by atoms with E-state index in [-0.39, 0.29) is 24.3 Å². The molecule has 0 heterocycles. The summed E-state index contributed by atoms with van der Waals surface area (Å²) in [6.07, 6.45) is 0. The third-order valence-corrected chi connectivity index (χ3v) is 2.62. The number of carbonyl (C=O) groups excluding carboxylic acids is 2. The van der Waals surface area contributed by atoms with Crippen molar-refractivity contribution in [3.05, 3.63) is 23.2 Å². The number of hydrogen-bond acceptors (Lipinski definition) is 3. The second-order valence-electron chi connectivity index (χ2n) is 4.27. The predicted molar refractivity (Wildman–Crippen MR) is 74.5 cm³/mol. The molecule has 0 aromatic heterocycles. The molecule has 0 radical (unpaired) electrons. The van der Waals surface area contributed by atoms with E-state index in [1.807, 2.05) is 0 Å². The van der Waals surface area contributed by atoms with Crippen molar-refractivity contribution in [3.8, 4) is 5.75 Å². The van der Waals surface area contributed by atoms with Crippen molar-refractivity contribution in [2.24, 2.45) is 5.92 Å². The highest BCUT2D eigenvalue weighted by atomic mass is 35.5. The molecule has 0 saturated carbocycles. The lowest BCUT2D eigenvalue weighted by atomic mass is 10.2. The average molecular weight is 285 g/mol. The van der Waals surface area contributed by atoms with Gasteiger partial charge in [0, 0.05) is 10.9 Å². The first-order valence-electron chi connectivity index (χ1n) is 5.85. The van der Waals surface area contributed by atoms with Crippen molar-refractivity contribution in [3.63, 3.8) is 0 Å². The number of nitrogens with one attached hydrogen (secondary N) is 2. The number of halogens is 1. The van der Waals surface area contributed by atoms with Crippen LogP contribution in [0.15, 0.2) is 18.2 Å². The van der Waals surface area contributed by atoms with Crippen LogP contribution >= 0.6 is 11.6 Å². The van der Waals surface area contributed by atoms with Crippen LogP contribution < -0.4 is 15.4 Å². The predicted octanol–water partition coefficient (Wildman–Crippen LogP) is 2.06. The molecule has 0 atom stereocenters. The molecule has 2 N–H and O–H groups in total. The van der Waals surface area contributed by atoms with Gasteiger partial charge in [-0.25, -0.2) is 0 Å². The molecule has 0 fully saturated rings. The van der Waals surface area contributed by atoms with Crippen LogP contribution in [0.5, 0.6) is 5.75 Å². The second kappa shape index (κ2) is 6.99. The van der Waals surface area contributed by atoms with Crippen LogP contribution in [-0.4, -0.2) is 25.5 Å². The normalized spacial score (nSPS) is 10.2. The van der Waals surface area contributed by atoms with Gasteiger partial charge >= 0.3 is 0 Å². The molecule has 1 aromatic carbocycles. The summed E-state index contributed by atoms with van der Waals surface area (Å²) in [5, 5.41) is 5.65. The van der Waals surface area contributed by atoms with Gasteiger partial charge in [-0.3, -0.25) is 9.59 Å². The molecule has 19 heavy (non-hydrogen) atoms. The molecule has 6 heteroatoms. The summed E-state index contributed by atoms with van der Waals surface area (Å²) in [5.41, 5.74) is 0.471. The average Bonchev–Trinajstić information content (AvgIpc) is 2.36. The van der Waals surface area contributed by atoms with Gasteiger partial charge in [0.15, 0.2) is 0 Å². The molecule has 0 aliphatic rings. The van der Waals surface area contributed by atoms with Gasteiger partial charge in [-0.05, 0) is 18.2 Å². The molecule has 1 rings (SSSR count). The van der Waals surface area contributed by atoms with Crippen molar-refractivity contribution in [1.82, 2.24) is 5.32 Å². The quantitative estimate of drug-likeness (QED) is 0.870. The molecule has 0 aliphatic carbocycles. The van der Waals surface area contributed by atoms with Crippen molar-refractivity contribution in [2.45, 2.75) is 13.8 Å². The maximum absolute atomic E-state index is 11.7. The molecule has 5 nitrogen and oxygen atoms in total. The van der Waals surface area contributed by atoms with Gasteiger partial charge in [0.05, 0.1) is 19.3 Å². The topological polar surface area (TPSA) is 67.4 Å². The Bertz CT molecular complexity index is 475. The molecule has 0 unspecified atom stereocenters. The Balaban J connectivity index is 2.62. The zero-order chi connectivity index (χ0) is 14.4. The summed E-state index contributed by atoms with van der Waals surface area (Å²) in [4.78, 5) is 23.0. The summed E-state index contributed by atoms with van der Waals surface area (Å²) < 4.78 is 5.10. The molecule has 104 valence electrons. The van der Waals surface area contributed by atoms with Crippen LogP contribution in [0.2, 0.25) is 5.02 Å². The minimum absolute atomic E-state index is 0.0906. The molecule has 2 amide bonds. The maximum atomic E-state index is 11.7. The van der Waals surface area contributed by atoms with Gasteiger partial charge in [-0.15, -0.1) is 0 Å². The van der Waals surface area contributed by atoms with Gasteiger partial charge in [0.1, 0.15) is 5.75 Å². The molecule has 0 spiro atoms. The van der Waals surface area contributed by atoms with E-state index in [4.69, 9.17) is 16.3 Å². The lowest BCUT2D eigenvalue weighted by Gasteiger charge is -2.11. The maximum Gasteiger partial charge on any atom is 0.243 e. The minimum atomic E-state index is -0.338. The molecule has 0 bridgehead atoms. The Morgan fingerprint density at radius 2 is 2.05 bits per heavy atom. The fraction of sp³-hybridized carbons (Fsp3) is 0.385. The van der Waals surface area contributed by atoms with Crippen LogP contribution in [-0.2, 0) is 9.59 Å². The second-order valence-corrected chi connectivity index (χ2v) is 4.70. The standard InChI is InChI=1S/C13H17ClN2O3/c1-8(2)13(18)15-7-12(17)16-10-6-9(14)4-5-11(10)19-3/h4-6,8H,7H2,1-3H3,(H,15,18)(H,16,17). The molecule has 0 saturated heterocycles. The molecule has 1 aromatic rings. The first kappa shape index (κ1) is 15.3. The van der Waals surface area contributed by atoms with Crippen molar-refractivity contribution in [1.29, 1.82) is 0 Å². The fourth-order valence-electron chi connectivity index (χ4n) is 1.34. The number of amides is 2. The van der Waals surface area contributed by atoms with E-state index in [0.29, 0.717) is 16.5 Å². The Labute approximate surface area is 117 Å². The van der Waals surface area contributed by atoms with E-state index in [1.54, 1.807) is 32.0 Å². The van der Waals surface area contributed by atoms with E-state index in [0.717, 1.165) is 0 Å².